The van der Waals surface area contributed by atoms with Crippen molar-refractivity contribution in [3.63, 3.8) is 0 Å². The van der Waals surface area contributed by atoms with Crippen LogP contribution >= 0.6 is 0 Å². The zero-order valence-corrected chi connectivity index (χ0v) is 29.6. The molecule has 7 atom stereocenters. The second-order valence-corrected chi connectivity index (χ2v) is 14.2. The number of benzene rings is 2. The van der Waals surface area contributed by atoms with Crippen molar-refractivity contribution in [2.24, 2.45) is 11.8 Å². The lowest BCUT2D eigenvalue weighted by Gasteiger charge is -2.35. The van der Waals surface area contributed by atoms with Crippen LogP contribution in [-0.4, -0.2) is 109 Å². The number of hydrogen-bond donors (Lipinski definition) is 1. The average molecular weight is 711 g/mol. The SMILES string of the molecule is C[C@H]1[C@H](c2ccccc2)OC(=O)[C@@H]2[C@H]3C(=O)N(CCCCCCO)[C@H](C(=O)N(Cn4nnc5ccccc54)C/C=C\CCC(=O)N1C)[C@]31C=C[C@H]2O1. The Morgan fingerprint density at radius 1 is 0.942 bits per heavy atom. The van der Waals surface area contributed by atoms with Crippen molar-refractivity contribution in [1.29, 1.82) is 0 Å². The molecule has 7 rings (SSSR count). The van der Waals surface area contributed by atoms with Crippen LogP contribution in [0.5, 0.6) is 0 Å². The van der Waals surface area contributed by atoms with Gasteiger partial charge in [0.05, 0.1) is 23.6 Å². The highest BCUT2D eigenvalue weighted by molar-refractivity contribution is 5.99. The number of cyclic esters (lactones) is 1. The van der Waals surface area contributed by atoms with Crippen LogP contribution in [0.15, 0.2) is 78.9 Å². The zero-order chi connectivity index (χ0) is 36.4. The van der Waals surface area contributed by atoms with Crippen LogP contribution in [0.25, 0.3) is 11.0 Å². The summed E-state index contributed by atoms with van der Waals surface area (Å²) >= 11 is 0. The Bertz CT molecular complexity index is 1860. The number of ether oxygens (including phenoxy) is 2. The number of unbranched alkanes of at least 4 members (excludes halogenated alkanes) is 3. The molecule has 1 spiro atoms. The number of aliphatic hydroxyl groups is 1. The molecule has 52 heavy (non-hydrogen) atoms. The molecule has 1 N–H and O–H groups in total. The lowest BCUT2D eigenvalue weighted by atomic mass is 9.74. The molecule has 3 aromatic rings. The van der Waals surface area contributed by atoms with E-state index < -0.39 is 47.7 Å². The lowest BCUT2D eigenvalue weighted by molar-refractivity contribution is -0.164. The molecule has 5 bridgehead atoms. The predicted molar refractivity (Wildman–Crippen MR) is 190 cm³/mol. The monoisotopic (exact) mass is 710 g/mol. The molecule has 13 heteroatoms. The van der Waals surface area contributed by atoms with E-state index in [0.717, 1.165) is 23.9 Å². The second kappa shape index (κ2) is 15.0. The van der Waals surface area contributed by atoms with Crippen LogP contribution in [0.2, 0.25) is 0 Å². The summed E-state index contributed by atoms with van der Waals surface area (Å²) in [4.78, 5) is 62.4. The third-order valence-electron chi connectivity index (χ3n) is 11.1. The lowest BCUT2D eigenvalue weighted by Crippen LogP contribution is -2.56. The van der Waals surface area contributed by atoms with Gasteiger partial charge in [0.25, 0.3) is 5.91 Å². The van der Waals surface area contributed by atoms with Crippen LogP contribution in [-0.2, 0) is 35.3 Å². The molecule has 2 fully saturated rings. The molecule has 0 radical (unpaired) electrons. The number of para-hydroxylation sites is 1. The van der Waals surface area contributed by atoms with Crippen LogP contribution in [0.1, 0.15) is 57.1 Å². The van der Waals surface area contributed by atoms with E-state index in [1.54, 1.807) is 38.6 Å². The minimum atomic E-state index is -1.38. The van der Waals surface area contributed by atoms with E-state index in [-0.39, 0.29) is 50.5 Å². The van der Waals surface area contributed by atoms with E-state index in [9.17, 15) is 19.5 Å². The van der Waals surface area contributed by atoms with E-state index >= 15 is 4.79 Å². The molecule has 2 aromatic carbocycles. The maximum absolute atomic E-state index is 15.0. The molecular weight excluding hydrogens is 664 g/mol. The fourth-order valence-electron chi connectivity index (χ4n) is 8.20. The molecule has 274 valence electrons. The van der Waals surface area contributed by atoms with Crippen molar-refractivity contribution in [3.8, 4) is 0 Å². The number of aromatic nitrogens is 3. The molecule has 4 aliphatic rings. The van der Waals surface area contributed by atoms with Gasteiger partial charge in [-0.3, -0.25) is 19.2 Å². The standard InChI is InChI=1S/C39H46N6O7/c1-26-34(27-15-7-5-8-16-27)51-38(50)32-30-20-21-39(52-30)33(32)36(48)44(23-13-3-4-14-24-46)35(39)37(49)43(22-12-6-9-19-31(47)42(26)2)25-45-29-18-11-10-17-28(29)40-41-45/h5-8,10-12,15-18,20-21,26,30,32-35,46H,3-4,9,13-14,19,22-25H2,1-2H3/b12-6-/t26-,30+,32-,33-,34+,35+,39-/m0/s1. The number of allylic oxidation sites excluding steroid dienone is 1. The first-order valence-corrected chi connectivity index (χ1v) is 18.3. The summed E-state index contributed by atoms with van der Waals surface area (Å²) in [6.45, 7) is 2.46. The average Bonchev–Trinajstić information content (AvgIpc) is 3.91. The van der Waals surface area contributed by atoms with Crippen LogP contribution in [0.4, 0.5) is 0 Å². The molecule has 13 nitrogen and oxygen atoms in total. The summed E-state index contributed by atoms with van der Waals surface area (Å²) in [7, 11) is 1.71. The number of esters is 1. The molecule has 0 unspecified atom stereocenters. The molecule has 4 aliphatic heterocycles. The number of aliphatic hydroxyl groups excluding tert-OH is 1. The quantitative estimate of drug-likeness (QED) is 0.201. The topological polar surface area (TPSA) is 147 Å². The Balaban J connectivity index is 1.28. The van der Waals surface area contributed by atoms with E-state index in [2.05, 4.69) is 10.3 Å². The maximum Gasteiger partial charge on any atom is 0.313 e. The Hall–Kier alpha value is -4.88. The first-order chi connectivity index (χ1) is 25.2. The number of rotatable bonds is 9. The molecule has 1 aromatic heterocycles. The second-order valence-electron chi connectivity index (χ2n) is 14.2. The fourth-order valence-corrected chi connectivity index (χ4v) is 8.20. The van der Waals surface area contributed by atoms with Crippen molar-refractivity contribution >= 4 is 34.7 Å². The number of carbonyl (C=O) groups excluding carboxylic acids is 4. The Kier molecular flexibility index (Phi) is 10.2. The van der Waals surface area contributed by atoms with Gasteiger partial charge < -0.3 is 29.3 Å². The minimum Gasteiger partial charge on any atom is -0.455 e. The predicted octanol–water partition coefficient (Wildman–Crippen LogP) is 3.40. The summed E-state index contributed by atoms with van der Waals surface area (Å²) in [5, 5.41) is 17.9. The molecular formula is C39H46N6O7. The van der Waals surface area contributed by atoms with Gasteiger partial charge in [-0.2, -0.15) is 0 Å². The van der Waals surface area contributed by atoms with Crippen LogP contribution in [0.3, 0.4) is 0 Å². The molecule has 0 saturated carbocycles. The maximum atomic E-state index is 15.0. The van der Waals surface area contributed by atoms with E-state index in [1.165, 1.54) is 0 Å². The normalized spacial score (nSPS) is 30.0. The van der Waals surface area contributed by atoms with E-state index in [1.807, 2.05) is 73.7 Å². The molecule has 5 heterocycles. The summed E-state index contributed by atoms with van der Waals surface area (Å²) < 4.78 is 14.6. The van der Waals surface area contributed by atoms with Crippen LogP contribution in [0, 0.1) is 11.8 Å². The Morgan fingerprint density at radius 2 is 1.71 bits per heavy atom. The van der Waals surface area contributed by atoms with Crippen molar-refractivity contribution in [1.82, 2.24) is 29.7 Å². The highest BCUT2D eigenvalue weighted by Gasteiger charge is 2.73. The summed E-state index contributed by atoms with van der Waals surface area (Å²) in [5.41, 5.74) is 0.775. The third kappa shape index (κ3) is 6.40. The summed E-state index contributed by atoms with van der Waals surface area (Å²) in [5.74, 6) is -3.36. The third-order valence-corrected chi connectivity index (χ3v) is 11.1. The minimum absolute atomic E-state index is 0.0516. The highest BCUT2D eigenvalue weighted by Crippen LogP contribution is 2.56. The molecule has 3 amide bonds. The summed E-state index contributed by atoms with van der Waals surface area (Å²) in [6.07, 6.45) is 9.22. The van der Waals surface area contributed by atoms with Crippen molar-refractivity contribution < 1.29 is 33.8 Å². The van der Waals surface area contributed by atoms with Gasteiger partial charge in [-0.05, 0) is 43.9 Å². The van der Waals surface area contributed by atoms with E-state index in [0.29, 0.717) is 24.8 Å². The first kappa shape index (κ1) is 35.5. The van der Waals surface area contributed by atoms with Crippen molar-refractivity contribution in [3.05, 3.63) is 84.5 Å². The van der Waals surface area contributed by atoms with Gasteiger partial charge in [-0.15, -0.1) is 5.10 Å². The number of likely N-dealkylation sites (tertiary alicyclic amines) is 1. The van der Waals surface area contributed by atoms with Gasteiger partial charge in [0.1, 0.15) is 35.9 Å². The highest BCUT2D eigenvalue weighted by atomic mass is 16.6. The molecule has 2 saturated heterocycles. The number of likely N-dealkylation sites (N-methyl/N-ethyl adjacent to an activating group) is 1. The van der Waals surface area contributed by atoms with Gasteiger partial charge in [0.15, 0.2) is 0 Å². The molecule has 0 aliphatic carbocycles. The van der Waals surface area contributed by atoms with Gasteiger partial charge in [-0.1, -0.05) is 84.8 Å². The van der Waals surface area contributed by atoms with Gasteiger partial charge >= 0.3 is 5.97 Å². The van der Waals surface area contributed by atoms with E-state index in [4.69, 9.17) is 9.47 Å². The number of fused-ring (bicyclic) bond motifs is 3. The Morgan fingerprint density at radius 3 is 2.52 bits per heavy atom. The number of amides is 3. The number of carbonyl (C=O) groups is 4. The van der Waals surface area contributed by atoms with Gasteiger partial charge in [0, 0.05) is 33.2 Å². The largest absolute Gasteiger partial charge is 0.455 e. The zero-order valence-electron chi connectivity index (χ0n) is 29.6. The van der Waals surface area contributed by atoms with Gasteiger partial charge in [0.2, 0.25) is 11.8 Å². The van der Waals surface area contributed by atoms with Crippen molar-refractivity contribution in [2.75, 3.05) is 26.7 Å². The number of nitrogens with zero attached hydrogens (tertiary/aromatic N) is 6. The Labute approximate surface area is 302 Å². The summed E-state index contributed by atoms with van der Waals surface area (Å²) in [6, 6.07) is 15.2. The van der Waals surface area contributed by atoms with Crippen LogP contribution < -0.4 is 0 Å². The number of hydrogen-bond acceptors (Lipinski definition) is 9. The smallest absolute Gasteiger partial charge is 0.313 e. The van der Waals surface area contributed by atoms with Gasteiger partial charge in [-0.25, -0.2) is 4.68 Å². The first-order valence-electron chi connectivity index (χ1n) is 18.3. The van der Waals surface area contributed by atoms with Crippen molar-refractivity contribution in [2.45, 2.75) is 82.0 Å². The fraction of sp³-hybridized carbons (Fsp3) is 0.487.